The van der Waals surface area contributed by atoms with E-state index in [1.54, 1.807) is 0 Å². The highest BCUT2D eigenvalue weighted by Gasteiger charge is 2.19. The Balaban J connectivity index is 2.40. The number of sulfonamides is 1. The lowest BCUT2D eigenvalue weighted by atomic mass is 10.2. The van der Waals surface area contributed by atoms with Crippen LogP contribution in [0.2, 0.25) is 0 Å². The first kappa shape index (κ1) is 14.2. The second-order valence-electron chi connectivity index (χ2n) is 3.69. The van der Waals surface area contributed by atoms with Gasteiger partial charge in [0.05, 0.1) is 14.9 Å². The van der Waals surface area contributed by atoms with Gasteiger partial charge < -0.3 is 5.73 Å². The number of nitrogens with one attached hydrogen (secondary N) is 1. The summed E-state index contributed by atoms with van der Waals surface area (Å²) in [6.07, 6.45) is 1.46. The Bertz CT molecular complexity index is 707. The molecule has 2 aromatic rings. The van der Waals surface area contributed by atoms with Crippen molar-refractivity contribution in [3.05, 3.63) is 33.5 Å². The lowest BCUT2D eigenvalue weighted by Crippen LogP contribution is -2.13. The maximum Gasteiger partial charge on any atom is 0.263 e. The molecule has 1 aromatic heterocycles. The van der Waals surface area contributed by atoms with E-state index in [4.69, 9.17) is 5.73 Å². The normalized spacial score (nSPS) is 11.5. The monoisotopic (exact) mass is 365 g/mol. The Hall–Kier alpha value is -1.19. The summed E-state index contributed by atoms with van der Waals surface area (Å²) in [5.74, 6) is -0.666. The Morgan fingerprint density at radius 3 is 2.68 bits per heavy atom. The van der Waals surface area contributed by atoms with Gasteiger partial charge in [0.15, 0.2) is 5.13 Å². The smallest absolute Gasteiger partial charge is 0.263 e. The van der Waals surface area contributed by atoms with Crippen LogP contribution in [0.15, 0.2) is 27.0 Å². The Morgan fingerprint density at radius 1 is 1.47 bits per heavy atom. The second-order valence-corrected chi connectivity index (χ2v) is 7.79. The summed E-state index contributed by atoms with van der Waals surface area (Å²) in [7, 11) is -3.90. The number of thiazole rings is 1. The molecule has 0 aliphatic rings. The number of hydrogen-bond donors (Lipinski definition) is 2. The lowest BCUT2D eigenvalue weighted by Gasteiger charge is -2.08. The van der Waals surface area contributed by atoms with Gasteiger partial charge in [-0.1, -0.05) is 11.3 Å². The second kappa shape index (κ2) is 5.06. The van der Waals surface area contributed by atoms with Gasteiger partial charge >= 0.3 is 0 Å². The van der Waals surface area contributed by atoms with Gasteiger partial charge in [0.25, 0.3) is 10.0 Å². The van der Waals surface area contributed by atoms with Crippen LogP contribution in [0.5, 0.6) is 0 Å². The number of anilines is 2. The van der Waals surface area contributed by atoms with Crippen molar-refractivity contribution in [2.45, 2.75) is 11.8 Å². The largest absolute Gasteiger partial charge is 0.398 e. The van der Waals surface area contributed by atoms with Crippen LogP contribution >= 0.6 is 27.3 Å². The molecule has 3 N–H and O–H groups in total. The molecule has 0 bridgehead atoms. The molecular formula is C10H9BrFN3O2S2. The Labute approximate surface area is 121 Å². The van der Waals surface area contributed by atoms with Gasteiger partial charge in [-0.3, -0.25) is 4.72 Å². The summed E-state index contributed by atoms with van der Waals surface area (Å²) in [5.41, 5.74) is 5.87. The standard InChI is InChI=1S/C10H9BrFN3O2S2/c1-5-7(12)2-6(3-8(5)13)19(16,17)15-10-14-4-9(11)18-10/h2-4H,13H2,1H3,(H,14,15). The van der Waals surface area contributed by atoms with E-state index in [1.807, 2.05) is 0 Å². The van der Waals surface area contributed by atoms with Crippen molar-refractivity contribution in [2.75, 3.05) is 10.5 Å². The summed E-state index contributed by atoms with van der Waals surface area (Å²) in [5, 5.41) is 0.187. The minimum absolute atomic E-state index is 0.0840. The summed E-state index contributed by atoms with van der Waals surface area (Å²) in [6, 6.07) is 2.14. The first-order chi connectivity index (χ1) is 8.79. The number of hydrogen-bond acceptors (Lipinski definition) is 5. The van der Waals surface area contributed by atoms with Crippen molar-refractivity contribution in [2.24, 2.45) is 0 Å². The molecule has 9 heteroatoms. The van der Waals surface area contributed by atoms with E-state index in [2.05, 4.69) is 25.6 Å². The first-order valence-corrected chi connectivity index (χ1v) is 8.08. The van der Waals surface area contributed by atoms with Crippen LogP contribution in [0.4, 0.5) is 15.2 Å². The molecule has 0 spiro atoms. The fraction of sp³-hybridized carbons (Fsp3) is 0.100. The van der Waals surface area contributed by atoms with Gasteiger partial charge in [-0.25, -0.2) is 17.8 Å². The third-order valence-electron chi connectivity index (χ3n) is 2.37. The molecule has 0 fully saturated rings. The van der Waals surface area contributed by atoms with Gasteiger partial charge in [-0.15, -0.1) is 0 Å². The molecule has 0 aliphatic carbocycles. The first-order valence-electron chi connectivity index (χ1n) is 4.99. The number of benzene rings is 1. The van der Waals surface area contributed by atoms with Gasteiger partial charge in [0.1, 0.15) is 5.82 Å². The summed E-state index contributed by atoms with van der Waals surface area (Å²) in [6.45, 7) is 1.48. The van der Waals surface area contributed by atoms with E-state index in [9.17, 15) is 12.8 Å². The quantitative estimate of drug-likeness (QED) is 0.818. The molecule has 5 nitrogen and oxygen atoms in total. The summed E-state index contributed by atoms with van der Waals surface area (Å²) in [4.78, 5) is 3.61. The van der Waals surface area contributed by atoms with Crippen LogP contribution < -0.4 is 10.5 Å². The van der Waals surface area contributed by atoms with E-state index in [0.29, 0.717) is 3.79 Å². The van der Waals surface area contributed by atoms with Crippen molar-refractivity contribution >= 4 is 48.1 Å². The fourth-order valence-electron chi connectivity index (χ4n) is 1.30. The third-order valence-corrected chi connectivity index (χ3v) is 5.21. The highest BCUT2D eigenvalue weighted by Crippen LogP contribution is 2.27. The topological polar surface area (TPSA) is 85.1 Å². The van der Waals surface area contributed by atoms with Crippen molar-refractivity contribution < 1.29 is 12.8 Å². The molecule has 0 saturated carbocycles. The molecule has 0 amide bonds. The van der Waals surface area contributed by atoms with Crippen LogP contribution in [0.1, 0.15) is 5.56 Å². The SMILES string of the molecule is Cc1c(N)cc(S(=O)(=O)Nc2ncc(Br)s2)cc1F. The van der Waals surface area contributed by atoms with Crippen LogP contribution in [0.3, 0.4) is 0 Å². The van der Waals surface area contributed by atoms with E-state index < -0.39 is 15.8 Å². The molecule has 1 heterocycles. The van der Waals surface area contributed by atoms with Gasteiger partial charge in [-0.05, 0) is 35.0 Å². The molecule has 2 rings (SSSR count). The number of halogens is 2. The minimum Gasteiger partial charge on any atom is -0.398 e. The zero-order valence-electron chi connectivity index (χ0n) is 9.65. The molecule has 0 aliphatic heterocycles. The molecule has 1 aromatic carbocycles. The van der Waals surface area contributed by atoms with Crippen LogP contribution in [0, 0.1) is 12.7 Å². The molecular weight excluding hydrogens is 357 g/mol. The number of rotatable bonds is 3. The van der Waals surface area contributed by atoms with Gasteiger partial charge in [0, 0.05) is 11.3 Å². The highest BCUT2D eigenvalue weighted by atomic mass is 79.9. The predicted octanol–water partition coefficient (Wildman–Crippen LogP) is 2.74. The minimum atomic E-state index is -3.90. The van der Waals surface area contributed by atoms with E-state index in [0.717, 1.165) is 17.4 Å². The molecule has 0 radical (unpaired) electrons. The van der Waals surface area contributed by atoms with Crippen LogP contribution in [-0.2, 0) is 10.0 Å². The zero-order valence-corrected chi connectivity index (χ0v) is 12.9. The van der Waals surface area contributed by atoms with Crippen molar-refractivity contribution in [1.29, 1.82) is 0 Å². The lowest BCUT2D eigenvalue weighted by molar-refractivity contribution is 0.593. The van der Waals surface area contributed by atoms with E-state index >= 15 is 0 Å². The molecule has 0 atom stereocenters. The summed E-state index contributed by atoms with van der Waals surface area (Å²) < 4.78 is 40.5. The van der Waals surface area contributed by atoms with Crippen LogP contribution in [0.25, 0.3) is 0 Å². The zero-order chi connectivity index (χ0) is 14.2. The van der Waals surface area contributed by atoms with E-state index in [-0.39, 0.29) is 21.3 Å². The van der Waals surface area contributed by atoms with Crippen molar-refractivity contribution in [3.63, 3.8) is 0 Å². The fourth-order valence-corrected chi connectivity index (χ4v) is 3.70. The molecule has 0 unspecified atom stereocenters. The number of nitrogens with zero attached hydrogens (tertiary/aromatic N) is 1. The van der Waals surface area contributed by atoms with Gasteiger partial charge in [-0.2, -0.15) is 0 Å². The highest BCUT2D eigenvalue weighted by molar-refractivity contribution is 9.11. The molecule has 102 valence electrons. The van der Waals surface area contributed by atoms with E-state index in [1.165, 1.54) is 19.2 Å². The molecule has 0 saturated heterocycles. The van der Waals surface area contributed by atoms with Crippen molar-refractivity contribution in [3.8, 4) is 0 Å². The third kappa shape index (κ3) is 3.04. The number of nitrogens with two attached hydrogens (primary N) is 1. The number of nitrogen functional groups attached to an aromatic ring is 1. The Morgan fingerprint density at radius 2 is 2.16 bits per heavy atom. The Kier molecular flexibility index (Phi) is 3.79. The van der Waals surface area contributed by atoms with Crippen LogP contribution in [-0.4, -0.2) is 13.4 Å². The average molecular weight is 366 g/mol. The summed E-state index contributed by atoms with van der Waals surface area (Å²) >= 11 is 4.28. The van der Waals surface area contributed by atoms with Gasteiger partial charge in [0.2, 0.25) is 0 Å². The predicted molar refractivity (Wildman–Crippen MR) is 76.2 cm³/mol. The number of aromatic nitrogens is 1. The average Bonchev–Trinajstić information content (AvgIpc) is 2.70. The van der Waals surface area contributed by atoms with Crippen molar-refractivity contribution in [1.82, 2.24) is 4.98 Å². The maximum absolute atomic E-state index is 13.5. The maximum atomic E-state index is 13.5. The molecule has 19 heavy (non-hydrogen) atoms.